The molecular weight excluding hydrogens is 338 g/mol. The molecule has 0 saturated heterocycles. The van der Waals surface area contributed by atoms with E-state index in [1.54, 1.807) is 11.8 Å². The van der Waals surface area contributed by atoms with Crippen LogP contribution in [0.5, 0.6) is 0 Å². The molecule has 3 aromatic rings. The van der Waals surface area contributed by atoms with Gasteiger partial charge < -0.3 is 5.32 Å². The van der Waals surface area contributed by atoms with Gasteiger partial charge in [0.15, 0.2) is 0 Å². The first-order valence-electron chi connectivity index (χ1n) is 8.72. The Balaban J connectivity index is 1.71. The lowest BCUT2D eigenvalue weighted by Crippen LogP contribution is -2.30. The number of hydrogen-bond donors (Lipinski definition) is 1. The minimum atomic E-state index is -0.136. The highest BCUT2D eigenvalue weighted by atomic mass is 32.2. The second kappa shape index (κ2) is 8.72. The largest absolute Gasteiger partial charge is 0.344 e. The quantitative estimate of drug-likeness (QED) is 0.604. The standard InChI is InChI=1S/C23H23NOS/c1-17-8-12-20(13-9-17)23(19-6-4-3-5-7-19)24-22(25)16-26-21-14-10-18(2)11-15-21/h3-15,23H,16H2,1-2H3,(H,24,25). The van der Waals surface area contributed by atoms with E-state index >= 15 is 0 Å². The highest BCUT2D eigenvalue weighted by molar-refractivity contribution is 8.00. The van der Waals surface area contributed by atoms with Crippen molar-refractivity contribution in [3.63, 3.8) is 0 Å². The maximum Gasteiger partial charge on any atom is 0.231 e. The molecule has 3 heteroatoms. The molecule has 0 aliphatic heterocycles. The van der Waals surface area contributed by atoms with Crippen LogP contribution >= 0.6 is 11.8 Å². The summed E-state index contributed by atoms with van der Waals surface area (Å²) in [7, 11) is 0. The lowest BCUT2D eigenvalue weighted by Gasteiger charge is -2.20. The number of aryl methyl sites for hydroxylation is 2. The van der Waals surface area contributed by atoms with Crippen molar-refractivity contribution in [3.05, 3.63) is 101 Å². The monoisotopic (exact) mass is 361 g/mol. The molecular formula is C23H23NOS. The predicted octanol–water partition coefficient (Wildman–Crippen LogP) is 5.30. The maximum absolute atomic E-state index is 12.6. The normalized spacial score (nSPS) is 11.8. The lowest BCUT2D eigenvalue weighted by molar-refractivity contribution is -0.119. The van der Waals surface area contributed by atoms with Crippen LogP contribution in [0.2, 0.25) is 0 Å². The third-order valence-electron chi connectivity index (χ3n) is 4.24. The van der Waals surface area contributed by atoms with Gasteiger partial charge >= 0.3 is 0 Å². The topological polar surface area (TPSA) is 29.1 Å². The Hall–Kier alpha value is -2.52. The minimum Gasteiger partial charge on any atom is -0.344 e. The Kier molecular flexibility index (Phi) is 6.13. The average Bonchev–Trinajstić information content (AvgIpc) is 2.67. The van der Waals surface area contributed by atoms with Gasteiger partial charge in [0.1, 0.15) is 0 Å². The molecule has 0 heterocycles. The summed E-state index contributed by atoms with van der Waals surface area (Å²) >= 11 is 1.56. The van der Waals surface area contributed by atoms with E-state index in [9.17, 15) is 4.79 Å². The van der Waals surface area contributed by atoms with E-state index in [1.807, 2.05) is 18.2 Å². The van der Waals surface area contributed by atoms with Gasteiger partial charge in [0.05, 0.1) is 11.8 Å². The van der Waals surface area contributed by atoms with Crippen LogP contribution in [0, 0.1) is 13.8 Å². The molecule has 0 aliphatic rings. The van der Waals surface area contributed by atoms with Gasteiger partial charge in [0.2, 0.25) is 5.91 Å². The molecule has 1 atom stereocenters. The number of carbonyl (C=O) groups is 1. The highest BCUT2D eigenvalue weighted by Gasteiger charge is 2.16. The average molecular weight is 362 g/mol. The molecule has 0 aromatic heterocycles. The van der Waals surface area contributed by atoms with Gasteiger partial charge in [0.25, 0.3) is 0 Å². The molecule has 0 spiro atoms. The third kappa shape index (κ3) is 4.99. The third-order valence-corrected chi connectivity index (χ3v) is 5.25. The number of hydrogen-bond acceptors (Lipinski definition) is 2. The molecule has 1 unspecified atom stereocenters. The number of benzene rings is 3. The number of thioether (sulfide) groups is 1. The summed E-state index contributed by atoms with van der Waals surface area (Å²) in [5.74, 6) is 0.433. The first kappa shape index (κ1) is 18.3. The molecule has 3 aromatic carbocycles. The van der Waals surface area contributed by atoms with E-state index in [1.165, 1.54) is 11.1 Å². The summed E-state index contributed by atoms with van der Waals surface area (Å²) in [6.07, 6.45) is 0. The second-order valence-corrected chi connectivity index (χ2v) is 7.47. The number of amides is 1. The van der Waals surface area contributed by atoms with Crippen LogP contribution in [0.15, 0.2) is 83.8 Å². The molecule has 132 valence electrons. The van der Waals surface area contributed by atoms with Crippen molar-refractivity contribution in [2.45, 2.75) is 24.8 Å². The molecule has 0 aliphatic carbocycles. The second-order valence-electron chi connectivity index (χ2n) is 6.42. The van der Waals surface area contributed by atoms with E-state index < -0.39 is 0 Å². The van der Waals surface area contributed by atoms with Crippen LogP contribution in [0.25, 0.3) is 0 Å². The summed E-state index contributed by atoms with van der Waals surface area (Å²) in [5.41, 5.74) is 4.62. The van der Waals surface area contributed by atoms with Gasteiger partial charge in [0, 0.05) is 4.90 Å². The smallest absolute Gasteiger partial charge is 0.231 e. The van der Waals surface area contributed by atoms with E-state index in [0.717, 1.165) is 16.0 Å². The molecule has 0 fully saturated rings. The van der Waals surface area contributed by atoms with E-state index in [-0.39, 0.29) is 11.9 Å². The summed E-state index contributed by atoms with van der Waals surface area (Å²) in [6, 6.07) is 26.6. The maximum atomic E-state index is 12.6. The van der Waals surface area contributed by atoms with Crippen molar-refractivity contribution >= 4 is 17.7 Å². The van der Waals surface area contributed by atoms with Gasteiger partial charge in [-0.25, -0.2) is 0 Å². The van der Waals surface area contributed by atoms with Crippen molar-refractivity contribution in [2.24, 2.45) is 0 Å². The van der Waals surface area contributed by atoms with Crippen molar-refractivity contribution in [2.75, 3.05) is 5.75 Å². The zero-order valence-corrected chi connectivity index (χ0v) is 15.9. The van der Waals surface area contributed by atoms with Gasteiger partial charge in [-0.1, -0.05) is 77.9 Å². The lowest BCUT2D eigenvalue weighted by atomic mass is 9.98. The Morgan fingerprint density at radius 2 is 1.35 bits per heavy atom. The van der Waals surface area contributed by atoms with Crippen LogP contribution in [-0.2, 0) is 4.79 Å². The van der Waals surface area contributed by atoms with Crippen molar-refractivity contribution < 1.29 is 4.79 Å². The predicted molar refractivity (Wildman–Crippen MR) is 110 cm³/mol. The van der Waals surface area contributed by atoms with Crippen LogP contribution in [0.3, 0.4) is 0 Å². The minimum absolute atomic E-state index is 0.0324. The molecule has 3 rings (SSSR count). The molecule has 1 amide bonds. The zero-order valence-electron chi connectivity index (χ0n) is 15.1. The van der Waals surface area contributed by atoms with E-state index in [2.05, 4.69) is 79.8 Å². The van der Waals surface area contributed by atoms with Crippen LogP contribution in [0.4, 0.5) is 0 Å². The molecule has 1 N–H and O–H groups in total. The van der Waals surface area contributed by atoms with Crippen molar-refractivity contribution in [1.82, 2.24) is 5.32 Å². The van der Waals surface area contributed by atoms with Crippen LogP contribution in [-0.4, -0.2) is 11.7 Å². The summed E-state index contributed by atoms with van der Waals surface area (Å²) < 4.78 is 0. The van der Waals surface area contributed by atoms with Crippen LogP contribution < -0.4 is 5.32 Å². The fourth-order valence-electron chi connectivity index (χ4n) is 2.75. The summed E-state index contributed by atoms with van der Waals surface area (Å²) in [4.78, 5) is 13.7. The van der Waals surface area contributed by atoms with E-state index in [0.29, 0.717) is 5.75 Å². The molecule has 2 nitrogen and oxygen atoms in total. The van der Waals surface area contributed by atoms with Crippen molar-refractivity contribution in [1.29, 1.82) is 0 Å². The summed E-state index contributed by atoms with van der Waals surface area (Å²) in [6.45, 7) is 4.13. The van der Waals surface area contributed by atoms with Gasteiger partial charge in [-0.3, -0.25) is 4.79 Å². The molecule has 0 bridgehead atoms. The zero-order chi connectivity index (χ0) is 18.4. The first-order valence-corrected chi connectivity index (χ1v) is 9.71. The van der Waals surface area contributed by atoms with E-state index in [4.69, 9.17) is 0 Å². The Morgan fingerprint density at radius 3 is 1.96 bits per heavy atom. The molecule has 26 heavy (non-hydrogen) atoms. The van der Waals surface area contributed by atoms with Gasteiger partial charge in [-0.2, -0.15) is 0 Å². The Labute approximate surface area is 159 Å². The number of rotatable bonds is 6. The highest BCUT2D eigenvalue weighted by Crippen LogP contribution is 2.23. The molecule has 0 radical (unpaired) electrons. The Bertz CT molecular complexity index is 842. The SMILES string of the molecule is Cc1ccc(SCC(=O)NC(c2ccccc2)c2ccc(C)cc2)cc1. The fourth-order valence-corrected chi connectivity index (χ4v) is 3.46. The van der Waals surface area contributed by atoms with Gasteiger partial charge in [-0.05, 0) is 37.1 Å². The van der Waals surface area contributed by atoms with Crippen molar-refractivity contribution in [3.8, 4) is 0 Å². The first-order chi connectivity index (χ1) is 12.6. The summed E-state index contributed by atoms with van der Waals surface area (Å²) in [5, 5.41) is 3.19. The molecule has 0 saturated carbocycles. The van der Waals surface area contributed by atoms with Gasteiger partial charge in [-0.15, -0.1) is 11.8 Å². The number of nitrogens with one attached hydrogen (secondary N) is 1. The van der Waals surface area contributed by atoms with Crippen LogP contribution in [0.1, 0.15) is 28.3 Å². The fraction of sp³-hybridized carbons (Fsp3) is 0.174. The Morgan fingerprint density at radius 1 is 0.808 bits per heavy atom. The number of carbonyl (C=O) groups excluding carboxylic acids is 1.